The second-order valence-corrected chi connectivity index (χ2v) is 6.45. The number of aryl methyl sites for hydroxylation is 1. The molecule has 0 bridgehead atoms. The van der Waals surface area contributed by atoms with Crippen molar-refractivity contribution >= 4 is 0 Å². The standard InChI is InChI=1S/C18H32N2/c1-14(2)13-16(4)20(6)12-11-18(19-5)17-10-8-7-9-15(17)3/h7-10,14,16,18-19H,11-13H2,1-6H3. The molecule has 1 N–H and O–H groups in total. The van der Waals surface area contributed by atoms with Crippen molar-refractivity contribution in [1.29, 1.82) is 0 Å². The molecule has 0 fully saturated rings. The molecule has 1 aromatic rings. The molecule has 2 heteroatoms. The lowest BCUT2D eigenvalue weighted by molar-refractivity contribution is 0.218. The summed E-state index contributed by atoms with van der Waals surface area (Å²) in [5.74, 6) is 0.768. The topological polar surface area (TPSA) is 15.3 Å². The maximum absolute atomic E-state index is 3.47. The fraction of sp³-hybridized carbons (Fsp3) is 0.667. The fourth-order valence-electron chi connectivity index (χ4n) is 2.85. The third-order valence-electron chi connectivity index (χ3n) is 4.25. The van der Waals surface area contributed by atoms with Crippen molar-refractivity contribution in [2.24, 2.45) is 5.92 Å². The van der Waals surface area contributed by atoms with E-state index in [1.807, 2.05) is 0 Å². The number of benzene rings is 1. The summed E-state index contributed by atoms with van der Waals surface area (Å²) >= 11 is 0. The average molecular weight is 276 g/mol. The predicted octanol–water partition coefficient (Wildman–Crippen LogP) is 4.01. The van der Waals surface area contributed by atoms with E-state index in [2.05, 4.69) is 76.3 Å². The van der Waals surface area contributed by atoms with Gasteiger partial charge in [0, 0.05) is 12.1 Å². The summed E-state index contributed by atoms with van der Waals surface area (Å²) in [7, 11) is 4.31. The summed E-state index contributed by atoms with van der Waals surface area (Å²) in [5.41, 5.74) is 2.81. The smallest absolute Gasteiger partial charge is 0.0332 e. The normalized spacial score (nSPS) is 14.8. The highest BCUT2D eigenvalue weighted by atomic mass is 15.1. The van der Waals surface area contributed by atoms with E-state index in [9.17, 15) is 0 Å². The lowest BCUT2D eigenvalue weighted by atomic mass is 9.98. The van der Waals surface area contributed by atoms with Crippen molar-refractivity contribution in [3.63, 3.8) is 0 Å². The first-order chi connectivity index (χ1) is 9.45. The highest BCUT2D eigenvalue weighted by Gasteiger charge is 2.15. The molecule has 0 heterocycles. The molecule has 0 aliphatic rings. The van der Waals surface area contributed by atoms with Crippen LogP contribution in [0.15, 0.2) is 24.3 Å². The van der Waals surface area contributed by atoms with E-state index in [4.69, 9.17) is 0 Å². The highest BCUT2D eigenvalue weighted by Crippen LogP contribution is 2.21. The van der Waals surface area contributed by atoms with Crippen LogP contribution in [-0.4, -0.2) is 31.6 Å². The van der Waals surface area contributed by atoms with Crippen molar-refractivity contribution in [2.75, 3.05) is 20.6 Å². The third-order valence-corrected chi connectivity index (χ3v) is 4.25. The molecule has 0 spiro atoms. The van der Waals surface area contributed by atoms with Gasteiger partial charge in [0.05, 0.1) is 0 Å². The van der Waals surface area contributed by atoms with Crippen LogP contribution in [0.3, 0.4) is 0 Å². The zero-order valence-corrected chi connectivity index (χ0v) is 14.1. The van der Waals surface area contributed by atoms with Gasteiger partial charge in [0.1, 0.15) is 0 Å². The van der Waals surface area contributed by atoms with Crippen LogP contribution in [0.1, 0.15) is 50.8 Å². The molecule has 0 saturated heterocycles. The molecule has 0 aliphatic heterocycles. The van der Waals surface area contributed by atoms with Gasteiger partial charge >= 0.3 is 0 Å². The Bertz CT molecular complexity index is 387. The molecule has 0 amide bonds. The number of nitrogens with one attached hydrogen (secondary N) is 1. The van der Waals surface area contributed by atoms with Gasteiger partial charge < -0.3 is 10.2 Å². The van der Waals surface area contributed by atoms with Gasteiger partial charge in [-0.2, -0.15) is 0 Å². The van der Waals surface area contributed by atoms with E-state index < -0.39 is 0 Å². The van der Waals surface area contributed by atoms with Crippen LogP contribution in [0.2, 0.25) is 0 Å². The van der Waals surface area contributed by atoms with Crippen LogP contribution in [0, 0.1) is 12.8 Å². The molecule has 0 saturated carbocycles. The van der Waals surface area contributed by atoms with Gasteiger partial charge in [-0.15, -0.1) is 0 Å². The van der Waals surface area contributed by atoms with Gasteiger partial charge in [-0.05, 0) is 64.4 Å². The molecular formula is C18H32N2. The number of nitrogens with zero attached hydrogens (tertiary/aromatic N) is 1. The largest absolute Gasteiger partial charge is 0.313 e. The Morgan fingerprint density at radius 2 is 1.80 bits per heavy atom. The van der Waals surface area contributed by atoms with E-state index in [-0.39, 0.29) is 0 Å². The summed E-state index contributed by atoms with van der Waals surface area (Å²) in [4.78, 5) is 2.49. The van der Waals surface area contributed by atoms with Gasteiger partial charge in [-0.3, -0.25) is 0 Å². The van der Waals surface area contributed by atoms with Crippen molar-refractivity contribution < 1.29 is 0 Å². The molecule has 2 unspecified atom stereocenters. The minimum absolute atomic E-state index is 0.449. The molecule has 1 aromatic carbocycles. The zero-order valence-electron chi connectivity index (χ0n) is 14.1. The van der Waals surface area contributed by atoms with Crippen LogP contribution in [0.5, 0.6) is 0 Å². The molecule has 2 atom stereocenters. The maximum atomic E-state index is 3.47. The lowest BCUT2D eigenvalue weighted by Gasteiger charge is -2.28. The van der Waals surface area contributed by atoms with Crippen molar-refractivity contribution in [3.05, 3.63) is 35.4 Å². The van der Waals surface area contributed by atoms with E-state index >= 15 is 0 Å². The van der Waals surface area contributed by atoms with E-state index in [0.717, 1.165) is 18.9 Å². The number of rotatable bonds is 8. The van der Waals surface area contributed by atoms with Crippen LogP contribution < -0.4 is 5.32 Å². The second-order valence-electron chi connectivity index (χ2n) is 6.45. The van der Waals surface area contributed by atoms with Crippen LogP contribution >= 0.6 is 0 Å². The number of hydrogen-bond donors (Lipinski definition) is 1. The first kappa shape index (κ1) is 17.2. The molecule has 0 aromatic heterocycles. The Labute approximate surface area is 125 Å². The molecule has 1 rings (SSSR count). The summed E-state index contributed by atoms with van der Waals surface area (Å²) in [6.45, 7) is 10.3. The predicted molar refractivity (Wildman–Crippen MR) is 89.1 cm³/mol. The Kier molecular flexibility index (Phi) is 7.25. The van der Waals surface area contributed by atoms with E-state index in [0.29, 0.717) is 12.1 Å². The maximum Gasteiger partial charge on any atom is 0.0332 e. The van der Waals surface area contributed by atoms with Crippen LogP contribution in [0.4, 0.5) is 0 Å². The van der Waals surface area contributed by atoms with Gasteiger partial charge in [0.15, 0.2) is 0 Å². The third kappa shape index (κ3) is 5.26. The van der Waals surface area contributed by atoms with E-state index in [1.165, 1.54) is 17.5 Å². The van der Waals surface area contributed by atoms with Crippen molar-refractivity contribution in [3.8, 4) is 0 Å². The molecule has 0 aliphatic carbocycles. The van der Waals surface area contributed by atoms with Gasteiger partial charge in [-0.25, -0.2) is 0 Å². The Morgan fingerprint density at radius 3 is 2.35 bits per heavy atom. The first-order valence-electron chi connectivity index (χ1n) is 7.88. The van der Waals surface area contributed by atoms with Gasteiger partial charge in [0.25, 0.3) is 0 Å². The summed E-state index contributed by atoms with van der Waals surface area (Å²) in [6.07, 6.45) is 2.42. The summed E-state index contributed by atoms with van der Waals surface area (Å²) in [6, 6.07) is 9.80. The van der Waals surface area contributed by atoms with Crippen molar-refractivity contribution in [2.45, 2.75) is 52.6 Å². The molecule has 20 heavy (non-hydrogen) atoms. The monoisotopic (exact) mass is 276 g/mol. The summed E-state index contributed by atoms with van der Waals surface area (Å²) in [5, 5.41) is 3.47. The zero-order chi connectivity index (χ0) is 15.1. The van der Waals surface area contributed by atoms with Gasteiger partial charge in [0.2, 0.25) is 0 Å². The Morgan fingerprint density at radius 1 is 1.15 bits per heavy atom. The summed E-state index contributed by atoms with van der Waals surface area (Å²) < 4.78 is 0. The number of hydrogen-bond acceptors (Lipinski definition) is 2. The van der Waals surface area contributed by atoms with Gasteiger partial charge in [-0.1, -0.05) is 38.1 Å². The quantitative estimate of drug-likeness (QED) is 0.771. The Hall–Kier alpha value is -0.860. The SMILES string of the molecule is CNC(CCN(C)C(C)CC(C)C)c1ccccc1C. The Balaban J connectivity index is 2.56. The van der Waals surface area contributed by atoms with Crippen LogP contribution in [0.25, 0.3) is 0 Å². The highest BCUT2D eigenvalue weighted by molar-refractivity contribution is 5.28. The van der Waals surface area contributed by atoms with E-state index in [1.54, 1.807) is 0 Å². The minimum atomic E-state index is 0.449. The minimum Gasteiger partial charge on any atom is -0.313 e. The fourth-order valence-corrected chi connectivity index (χ4v) is 2.85. The average Bonchev–Trinajstić information content (AvgIpc) is 2.40. The molecule has 0 radical (unpaired) electrons. The second kappa shape index (κ2) is 8.43. The van der Waals surface area contributed by atoms with Crippen LogP contribution in [-0.2, 0) is 0 Å². The van der Waals surface area contributed by atoms with Crippen molar-refractivity contribution in [1.82, 2.24) is 10.2 Å². The first-order valence-corrected chi connectivity index (χ1v) is 7.88. The lowest BCUT2D eigenvalue weighted by Crippen LogP contribution is -2.33. The molecule has 114 valence electrons. The molecular weight excluding hydrogens is 244 g/mol. The molecule has 2 nitrogen and oxygen atoms in total.